The van der Waals surface area contributed by atoms with Gasteiger partial charge in [0.15, 0.2) is 0 Å². The fourth-order valence-electron chi connectivity index (χ4n) is 4.98. The third-order valence-electron chi connectivity index (χ3n) is 6.93. The van der Waals surface area contributed by atoms with Crippen molar-refractivity contribution in [1.82, 2.24) is 30.0 Å². The molecule has 1 fully saturated rings. The van der Waals surface area contributed by atoms with Crippen molar-refractivity contribution < 1.29 is 4.39 Å². The molecule has 2 aliphatic rings. The fourth-order valence-corrected chi connectivity index (χ4v) is 4.98. The van der Waals surface area contributed by atoms with Crippen LogP contribution in [0.15, 0.2) is 72.4 Å². The molecule has 4 aromatic rings. The zero-order chi connectivity index (χ0) is 26.4. The number of aliphatic imine (C=N–C) groups is 1. The summed E-state index contributed by atoms with van der Waals surface area (Å²) < 4.78 is 13.6. The first kappa shape index (κ1) is 23.9. The Balaban J connectivity index is 1.38. The van der Waals surface area contributed by atoms with Gasteiger partial charge in [0.1, 0.15) is 28.6 Å². The zero-order valence-corrected chi connectivity index (χ0v) is 21.4. The van der Waals surface area contributed by atoms with Gasteiger partial charge in [0.25, 0.3) is 0 Å². The van der Waals surface area contributed by atoms with Crippen LogP contribution < -0.4 is 5.73 Å². The molecule has 4 N–H and O–H groups in total. The lowest BCUT2D eigenvalue weighted by Crippen LogP contribution is -2.59. The third kappa shape index (κ3) is 4.31. The Kier molecular flexibility index (Phi) is 5.92. The molecule has 0 spiro atoms. The Bertz CT molecular complexity index is 1620. The average Bonchev–Trinajstić information content (AvgIpc) is 3.48. The van der Waals surface area contributed by atoms with Gasteiger partial charge in [-0.15, -0.1) is 0 Å². The molecule has 5 heterocycles. The second kappa shape index (κ2) is 9.42. The number of nitrogens with zero attached hydrogens (tertiary/aromatic N) is 5. The monoisotopic (exact) mass is 508 g/mol. The molecule has 0 bridgehead atoms. The predicted molar refractivity (Wildman–Crippen MR) is 150 cm³/mol. The van der Waals surface area contributed by atoms with Gasteiger partial charge in [0.05, 0.1) is 23.4 Å². The first-order chi connectivity index (χ1) is 18.4. The smallest absolute Gasteiger partial charge is 0.135 e. The van der Waals surface area contributed by atoms with Gasteiger partial charge in [-0.3, -0.25) is 5.10 Å². The number of aryl methyl sites for hydroxylation is 1. The van der Waals surface area contributed by atoms with Crippen molar-refractivity contribution in [2.24, 2.45) is 10.7 Å². The van der Waals surface area contributed by atoms with Crippen LogP contribution in [0.3, 0.4) is 0 Å². The maximum absolute atomic E-state index is 13.6. The lowest BCUT2D eigenvalue weighted by Gasteiger charge is -2.41. The number of aromatic amines is 2. The van der Waals surface area contributed by atoms with Gasteiger partial charge in [0.2, 0.25) is 0 Å². The quantitative estimate of drug-likeness (QED) is 0.349. The number of benzene rings is 1. The molecule has 0 atom stereocenters. The Labute approximate surface area is 220 Å². The predicted octanol–water partition coefficient (Wildman–Crippen LogP) is 4.30. The van der Waals surface area contributed by atoms with E-state index in [4.69, 9.17) is 15.7 Å². The van der Waals surface area contributed by atoms with E-state index in [1.165, 1.54) is 12.1 Å². The zero-order valence-electron chi connectivity index (χ0n) is 21.4. The van der Waals surface area contributed by atoms with Crippen molar-refractivity contribution in [2.75, 3.05) is 26.7 Å². The van der Waals surface area contributed by atoms with Gasteiger partial charge in [-0.1, -0.05) is 30.9 Å². The van der Waals surface area contributed by atoms with Crippen LogP contribution >= 0.6 is 0 Å². The molecular weight excluding hydrogens is 479 g/mol. The molecule has 0 saturated carbocycles. The van der Waals surface area contributed by atoms with Gasteiger partial charge in [0, 0.05) is 43.6 Å². The summed E-state index contributed by atoms with van der Waals surface area (Å²) in [6.07, 6.45) is 5.68. The summed E-state index contributed by atoms with van der Waals surface area (Å²) >= 11 is 0. The number of aromatic nitrogens is 4. The first-order valence-electron chi connectivity index (χ1n) is 12.5. The summed E-state index contributed by atoms with van der Waals surface area (Å²) in [4.78, 5) is 17.7. The van der Waals surface area contributed by atoms with Gasteiger partial charge < -0.3 is 20.5 Å². The number of allylic oxidation sites excluding steroid dienone is 2. The number of pyridine rings is 1. The number of nitrogens with one attached hydrogen (secondary N) is 2. The Morgan fingerprint density at radius 3 is 2.71 bits per heavy atom. The minimum Gasteiger partial charge on any atom is -0.371 e. The van der Waals surface area contributed by atoms with E-state index in [1.54, 1.807) is 18.2 Å². The summed E-state index contributed by atoms with van der Waals surface area (Å²) in [5, 5.41) is 7.69. The number of rotatable bonds is 5. The van der Waals surface area contributed by atoms with Crippen LogP contribution in [-0.2, 0) is 0 Å². The molecule has 192 valence electrons. The summed E-state index contributed by atoms with van der Waals surface area (Å²) in [6.45, 7) is 8.27. The molecule has 0 unspecified atom stereocenters. The summed E-state index contributed by atoms with van der Waals surface area (Å²) in [6, 6.07) is 12.7. The third-order valence-corrected chi connectivity index (χ3v) is 6.93. The molecule has 8 nitrogen and oxygen atoms in total. The molecular formula is C29H29FN8. The minimum atomic E-state index is -0.271. The van der Waals surface area contributed by atoms with Crippen LogP contribution in [0.1, 0.15) is 22.5 Å². The van der Waals surface area contributed by atoms with Crippen molar-refractivity contribution >= 4 is 28.1 Å². The first-order valence-corrected chi connectivity index (χ1v) is 12.5. The van der Waals surface area contributed by atoms with Gasteiger partial charge >= 0.3 is 0 Å². The maximum Gasteiger partial charge on any atom is 0.135 e. The van der Waals surface area contributed by atoms with Crippen LogP contribution in [0.2, 0.25) is 0 Å². The minimum absolute atomic E-state index is 0.208. The Morgan fingerprint density at radius 1 is 1.18 bits per heavy atom. The fraction of sp³-hybridized carbons (Fsp3) is 0.207. The van der Waals surface area contributed by atoms with E-state index in [2.05, 4.69) is 37.6 Å². The number of likely N-dealkylation sites (N-methyl/N-ethyl adjacent to an activating group) is 1. The van der Waals surface area contributed by atoms with Gasteiger partial charge in [-0.2, -0.15) is 5.10 Å². The Morgan fingerprint density at radius 2 is 1.97 bits per heavy atom. The van der Waals surface area contributed by atoms with E-state index < -0.39 is 0 Å². The molecule has 2 aliphatic heterocycles. The Hall–Kier alpha value is -4.50. The number of hydrogen-bond donors (Lipinski definition) is 3. The summed E-state index contributed by atoms with van der Waals surface area (Å²) in [5.41, 5.74) is 14.5. The van der Waals surface area contributed by atoms with Crippen molar-refractivity contribution in [1.29, 1.82) is 0 Å². The summed E-state index contributed by atoms with van der Waals surface area (Å²) in [7, 11) is 2.04. The largest absolute Gasteiger partial charge is 0.371 e. The highest BCUT2D eigenvalue weighted by molar-refractivity contribution is 5.94. The molecule has 1 aromatic carbocycles. The molecule has 0 aliphatic carbocycles. The number of H-pyrrole nitrogens is 2. The molecule has 0 radical (unpaired) electrons. The SMILES string of the molecule is C=C/C=C(/c1ccc(F)cc1)c1cc(-c2n[nH]c3ccc(C4=CN(C)CC(N5CC(N)C5)=N4)nc23)[nH]c1C. The van der Waals surface area contributed by atoms with Crippen molar-refractivity contribution in [3.63, 3.8) is 0 Å². The molecule has 3 aromatic heterocycles. The highest BCUT2D eigenvalue weighted by Crippen LogP contribution is 2.33. The van der Waals surface area contributed by atoms with Crippen LogP contribution in [0, 0.1) is 12.7 Å². The van der Waals surface area contributed by atoms with E-state index in [1.807, 2.05) is 38.4 Å². The van der Waals surface area contributed by atoms with E-state index in [-0.39, 0.29) is 11.9 Å². The number of likely N-dealkylation sites (tertiary alicyclic amines) is 1. The number of hydrogen-bond acceptors (Lipinski definition) is 6. The lowest BCUT2D eigenvalue weighted by atomic mass is 9.97. The highest BCUT2D eigenvalue weighted by Gasteiger charge is 2.28. The van der Waals surface area contributed by atoms with Crippen LogP contribution in [0.5, 0.6) is 0 Å². The normalized spacial score (nSPS) is 16.5. The lowest BCUT2D eigenvalue weighted by molar-refractivity contribution is 0.244. The molecule has 6 rings (SSSR count). The number of halogens is 1. The molecule has 38 heavy (non-hydrogen) atoms. The van der Waals surface area contributed by atoms with Crippen LogP contribution in [0.25, 0.3) is 33.7 Å². The maximum atomic E-state index is 13.6. The summed E-state index contributed by atoms with van der Waals surface area (Å²) in [5.74, 6) is 0.736. The van der Waals surface area contributed by atoms with Gasteiger partial charge in [-0.05, 0) is 48.4 Å². The highest BCUT2D eigenvalue weighted by atomic mass is 19.1. The van der Waals surface area contributed by atoms with E-state index in [9.17, 15) is 4.39 Å². The van der Waals surface area contributed by atoms with Gasteiger partial charge in [-0.25, -0.2) is 14.4 Å². The van der Waals surface area contributed by atoms with E-state index >= 15 is 0 Å². The van der Waals surface area contributed by atoms with Crippen molar-refractivity contribution in [3.8, 4) is 11.4 Å². The van der Waals surface area contributed by atoms with Crippen molar-refractivity contribution in [2.45, 2.75) is 13.0 Å². The second-order valence-electron chi connectivity index (χ2n) is 9.83. The topological polar surface area (TPSA) is 102 Å². The van der Waals surface area contributed by atoms with Crippen LogP contribution in [-0.4, -0.2) is 68.5 Å². The van der Waals surface area contributed by atoms with E-state index in [0.29, 0.717) is 0 Å². The van der Waals surface area contributed by atoms with Crippen LogP contribution in [0.4, 0.5) is 4.39 Å². The molecule has 1 saturated heterocycles. The average molecular weight is 509 g/mol. The van der Waals surface area contributed by atoms with E-state index in [0.717, 1.165) is 81.7 Å². The van der Waals surface area contributed by atoms with Crippen molar-refractivity contribution in [3.05, 3.63) is 95.7 Å². The molecule has 9 heteroatoms. The second-order valence-corrected chi connectivity index (χ2v) is 9.83. The number of nitrogens with two attached hydrogens (primary N) is 1. The standard InChI is InChI=1S/C29H29FN8/c1-4-5-21(18-6-8-19(30)9-7-18)22-12-25(32-17(22)2)29-28-24(35-36-29)11-10-23(34-28)26-15-37(3)16-27(33-26)38-13-20(31)14-38/h4-12,15,20,32H,1,13-14,16,31H2,2-3H3,(H,35,36)/b21-5-. The molecule has 0 amide bonds. The number of amidine groups is 1. The number of fused-ring (bicyclic) bond motifs is 1.